The van der Waals surface area contributed by atoms with Crippen LogP contribution in [-0.4, -0.2) is 22.3 Å². The Bertz CT molecular complexity index is 586. The zero-order valence-electron chi connectivity index (χ0n) is 13.2. The second kappa shape index (κ2) is 7.09. The molecule has 5 heteroatoms. The van der Waals surface area contributed by atoms with Crippen molar-refractivity contribution in [1.82, 2.24) is 9.55 Å². The zero-order chi connectivity index (χ0) is 15.4. The van der Waals surface area contributed by atoms with Crippen LogP contribution in [0, 0.1) is 0 Å². The highest BCUT2D eigenvalue weighted by Crippen LogP contribution is 2.26. The molecular formula is C17H24N2O3. The minimum Gasteiger partial charge on any atom is -0.473 e. The molecule has 0 N–H and O–H groups in total. The van der Waals surface area contributed by atoms with E-state index in [2.05, 4.69) is 11.1 Å². The van der Waals surface area contributed by atoms with Crippen LogP contribution in [0.5, 0.6) is 5.88 Å². The van der Waals surface area contributed by atoms with Crippen molar-refractivity contribution in [2.75, 3.05) is 6.61 Å². The molecular weight excluding hydrogens is 280 g/mol. The standard InChI is InChI=1S/C17H24N2O3/c1-13-7-8-16(22-13)19-11-9-15(18-17(19)20)21-12-10-14-5-3-2-4-6-14/h9-11,13,16H,2-8,12H2,1H3. The number of nitrogens with zero attached hydrogens (tertiary/aromatic N) is 2. The van der Waals surface area contributed by atoms with Gasteiger partial charge in [0.2, 0.25) is 5.88 Å². The van der Waals surface area contributed by atoms with Crippen LogP contribution >= 0.6 is 0 Å². The van der Waals surface area contributed by atoms with E-state index in [1.807, 2.05) is 6.92 Å². The van der Waals surface area contributed by atoms with E-state index in [1.54, 1.807) is 16.8 Å². The molecule has 0 radical (unpaired) electrons. The summed E-state index contributed by atoms with van der Waals surface area (Å²) >= 11 is 0. The summed E-state index contributed by atoms with van der Waals surface area (Å²) < 4.78 is 12.8. The van der Waals surface area contributed by atoms with E-state index in [0.717, 1.165) is 12.8 Å². The van der Waals surface area contributed by atoms with Gasteiger partial charge in [0.1, 0.15) is 12.8 Å². The fourth-order valence-corrected chi connectivity index (χ4v) is 3.14. The highest BCUT2D eigenvalue weighted by Gasteiger charge is 2.24. The lowest BCUT2D eigenvalue weighted by molar-refractivity contribution is 0.00781. The Morgan fingerprint density at radius 2 is 2.18 bits per heavy atom. The quantitative estimate of drug-likeness (QED) is 0.802. The van der Waals surface area contributed by atoms with Crippen LogP contribution in [0.2, 0.25) is 0 Å². The summed E-state index contributed by atoms with van der Waals surface area (Å²) in [5.74, 6) is 0.389. The molecule has 5 nitrogen and oxygen atoms in total. The predicted octanol–water partition coefficient (Wildman–Crippen LogP) is 3.21. The fraction of sp³-hybridized carbons (Fsp3) is 0.647. The average molecular weight is 304 g/mol. The molecule has 3 rings (SSSR count). The number of allylic oxidation sites excluding steroid dienone is 1. The summed E-state index contributed by atoms with van der Waals surface area (Å²) in [6, 6.07) is 1.74. The van der Waals surface area contributed by atoms with Gasteiger partial charge in [0, 0.05) is 12.3 Å². The van der Waals surface area contributed by atoms with Crippen molar-refractivity contribution in [2.45, 2.75) is 64.2 Å². The Labute approximate surface area is 131 Å². The summed E-state index contributed by atoms with van der Waals surface area (Å²) in [7, 11) is 0. The second-order valence-electron chi connectivity index (χ2n) is 6.17. The van der Waals surface area contributed by atoms with E-state index in [1.165, 1.54) is 37.7 Å². The normalized spacial score (nSPS) is 25.2. The zero-order valence-corrected chi connectivity index (χ0v) is 13.2. The molecule has 0 spiro atoms. The fourth-order valence-electron chi connectivity index (χ4n) is 3.14. The Morgan fingerprint density at radius 1 is 1.36 bits per heavy atom. The highest BCUT2D eigenvalue weighted by atomic mass is 16.5. The number of aromatic nitrogens is 2. The van der Waals surface area contributed by atoms with Crippen LogP contribution in [0.1, 0.15) is 58.1 Å². The van der Waals surface area contributed by atoms with Crippen molar-refractivity contribution >= 4 is 0 Å². The molecule has 1 aliphatic carbocycles. The van der Waals surface area contributed by atoms with Crippen LogP contribution in [0.25, 0.3) is 0 Å². The minimum atomic E-state index is -0.304. The molecule has 0 amide bonds. The molecule has 0 aromatic carbocycles. The number of rotatable bonds is 4. The summed E-state index contributed by atoms with van der Waals surface area (Å²) in [5, 5.41) is 0. The lowest BCUT2D eigenvalue weighted by atomic mass is 9.95. The maximum absolute atomic E-state index is 12.1. The molecule has 2 atom stereocenters. The van der Waals surface area contributed by atoms with Crippen molar-refractivity contribution in [3.05, 3.63) is 34.4 Å². The van der Waals surface area contributed by atoms with Gasteiger partial charge in [0.25, 0.3) is 0 Å². The third-order valence-electron chi connectivity index (χ3n) is 4.42. The van der Waals surface area contributed by atoms with E-state index in [-0.39, 0.29) is 18.0 Å². The van der Waals surface area contributed by atoms with Crippen LogP contribution in [0.4, 0.5) is 0 Å². The highest BCUT2D eigenvalue weighted by molar-refractivity contribution is 5.09. The third kappa shape index (κ3) is 3.77. The van der Waals surface area contributed by atoms with Gasteiger partial charge in [-0.15, -0.1) is 0 Å². The average Bonchev–Trinajstić information content (AvgIpc) is 2.95. The van der Waals surface area contributed by atoms with Crippen LogP contribution in [0.3, 0.4) is 0 Å². The summed E-state index contributed by atoms with van der Waals surface area (Å²) in [4.78, 5) is 16.1. The molecule has 1 saturated heterocycles. The van der Waals surface area contributed by atoms with Gasteiger partial charge >= 0.3 is 5.69 Å². The predicted molar refractivity (Wildman–Crippen MR) is 84.0 cm³/mol. The Balaban J connectivity index is 1.58. The number of hydrogen-bond acceptors (Lipinski definition) is 4. The largest absolute Gasteiger partial charge is 0.473 e. The second-order valence-corrected chi connectivity index (χ2v) is 6.17. The SMILES string of the molecule is CC1CCC(n2ccc(OCC=C3CCCCC3)nc2=O)O1. The van der Waals surface area contributed by atoms with E-state index >= 15 is 0 Å². The molecule has 120 valence electrons. The maximum atomic E-state index is 12.1. The Morgan fingerprint density at radius 3 is 2.86 bits per heavy atom. The summed E-state index contributed by atoms with van der Waals surface area (Å²) in [6.45, 7) is 2.51. The lowest BCUT2D eigenvalue weighted by Gasteiger charge is -2.15. The van der Waals surface area contributed by atoms with Crippen molar-refractivity contribution in [1.29, 1.82) is 0 Å². The summed E-state index contributed by atoms with van der Waals surface area (Å²) in [6.07, 6.45) is 11.9. The first-order valence-electron chi connectivity index (χ1n) is 8.28. The minimum absolute atomic E-state index is 0.187. The van der Waals surface area contributed by atoms with Crippen molar-refractivity contribution in [2.24, 2.45) is 0 Å². The maximum Gasteiger partial charge on any atom is 0.352 e. The van der Waals surface area contributed by atoms with Crippen molar-refractivity contribution in [3.63, 3.8) is 0 Å². The number of ether oxygens (including phenoxy) is 2. The van der Waals surface area contributed by atoms with Crippen molar-refractivity contribution < 1.29 is 9.47 Å². The molecule has 2 aliphatic rings. The molecule has 1 aromatic heterocycles. The molecule has 1 aliphatic heterocycles. The van der Waals surface area contributed by atoms with Crippen LogP contribution in [-0.2, 0) is 4.74 Å². The molecule has 1 saturated carbocycles. The smallest absolute Gasteiger partial charge is 0.352 e. The first-order valence-corrected chi connectivity index (χ1v) is 8.28. The Hall–Kier alpha value is -1.62. The van der Waals surface area contributed by atoms with Gasteiger partial charge < -0.3 is 9.47 Å². The molecule has 1 aromatic rings. The molecule has 22 heavy (non-hydrogen) atoms. The molecule has 0 bridgehead atoms. The van der Waals surface area contributed by atoms with Gasteiger partial charge in [-0.2, -0.15) is 4.98 Å². The lowest BCUT2D eigenvalue weighted by Crippen LogP contribution is -2.26. The molecule has 2 unspecified atom stereocenters. The van der Waals surface area contributed by atoms with Crippen molar-refractivity contribution in [3.8, 4) is 5.88 Å². The topological polar surface area (TPSA) is 53.4 Å². The third-order valence-corrected chi connectivity index (χ3v) is 4.42. The van der Waals surface area contributed by atoms with Gasteiger partial charge in [0.05, 0.1) is 6.10 Å². The molecule has 2 fully saturated rings. The van der Waals surface area contributed by atoms with E-state index in [4.69, 9.17) is 9.47 Å². The van der Waals surface area contributed by atoms with Gasteiger partial charge in [-0.1, -0.05) is 12.0 Å². The van der Waals surface area contributed by atoms with Gasteiger partial charge in [-0.3, -0.25) is 4.57 Å². The van der Waals surface area contributed by atoms with Gasteiger partial charge in [0.15, 0.2) is 0 Å². The van der Waals surface area contributed by atoms with E-state index in [9.17, 15) is 4.79 Å². The summed E-state index contributed by atoms with van der Waals surface area (Å²) in [5.41, 5.74) is 1.16. The van der Waals surface area contributed by atoms with Gasteiger partial charge in [-0.05, 0) is 51.5 Å². The van der Waals surface area contributed by atoms with E-state index in [0.29, 0.717) is 12.5 Å². The Kier molecular flexibility index (Phi) is 4.93. The first kappa shape index (κ1) is 15.3. The van der Waals surface area contributed by atoms with Crippen LogP contribution in [0.15, 0.2) is 28.7 Å². The van der Waals surface area contributed by atoms with Crippen LogP contribution < -0.4 is 10.4 Å². The van der Waals surface area contributed by atoms with E-state index < -0.39 is 0 Å². The van der Waals surface area contributed by atoms with Gasteiger partial charge in [-0.25, -0.2) is 4.79 Å². The monoisotopic (exact) mass is 304 g/mol. The first-order chi connectivity index (χ1) is 10.7. The number of hydrogen-bond donors (Lipinski definition) is 0. The molecule has 2 heterocycles.